The van der Waals surface area contributed by atoms with E-state index < -0.39 is 0 Å². The fourth-order valence-corrected chi connectivity index (χ4v) is 4.03. The van der Waals surface area contributed by atoms with E-state index in [4.69, 9.17) is 0 Å². The molecular formula is C19H26N4OS. The third kappa shape index (κ3) is 4.42. The predicted octanol–water partition coefficient (Wildman–Crippen LogP) is 3.68. The van der Waals surface area contributed by atoms with E-state index >= 15 is 0 Å². The zero-order valence-corrected chi connectivity index (χ0v) is 15.9. The molecule has 1 aromatic carbocycles. The van der Waals surface area contributed by atoms with Crippen LogP contribution in [0.3, 0.4) is 0 Å². The van der Waals surface area contributed by atoms with E-state index in [9.17, 15) is 4.79 Å². The van der Waals surface area contributed by atoms with Gasteiger partial charge in [-0.15, -0.1) is 10.2 Å². The second-order valence-corrected chi connectivity index (χ2v) is 7.56. The number of aromatic nitrogens is 3. The summed E-state index contributed by atoms with van der Waals surface area (Å²) in [5.41, 5.74) is 2.26. The molecule has 1 amide bonds. The summed E-state index contributed by atoms with van der Waals surface area (Å²) in [7, 11) is 1.96. The van der Waals surface area contributed by atoms with E-state index in [-0.39, 0.29) is 5.91 Å². The average molecular weight is 359 g/mol. The fourth-order valence-electron chi connectivity index (χ4n) is 3.21. The Balaban J connectivity index is 1.64. The molecule has 1 aromatic heterocycles. The Morgan fingerprint density at radius 2 is 1.76 bits per heavy atom. The van der Waals surface area contributed by atoms with Gasteiger partial charge in [0, 0.05) is 25.7 Å². The van der Waals surface area contributed by atoms with Crippen molar-refractivity contribution in [1.29, 1.82) is 0 Å². The Hall–Kier alpha value is -1.82. The van der Waals surface area contributed by atoms with Crippen molar-refractivity contribution in [1.82, 2.24) is 19.7 Å². The minimum Gasteiger partial charge on any atom is -0.342 e. The average Bonchev–Trinajstić information content (AvgIpc) is 2.93. The molecule has 6 heteroatoms. The molecule has 5 nitrogen and oxygen atoms in total. The molecule has 2 aromatic rings. The van der Waals surface area contributed by atoms with Gasteiger partial charge in [-0.05, 0) is 25.3 Å². The first kappa shape index (κ1) is 18.0. The zero-order valence-electron chi connectivity index (χ0n) is 15.1. The molecule has 0 N–H and O–H groups in total. The molecule has 134 valence electrons. The number of thioether (sulfide) groups is 1. The lowest BCUT2D eigenvalue weighted by Crippen LogP contribution is -2.35. The van der Waals surface area contributed by atoms with Gasteiger partial charge in [-0.3, -0.25) is 4.79 Å². The van der Waals surface area contributed by atoms with E-state index in [1.165, 1.54) is 36.6 Å². The molecule has 0 saturated carbocycles. The second-order valence-electron chi connectivity index (χ2n) is 6.62. The van der Waals surface area contributed by atoms with Crippen molar-refractivity contribution in [3.8, 4) is 11.4 Å². The normalized spacial score (nSPS) is 15.7. The molecule has 1 fully saturated rings. The van der Waals surface area contributed by atoms with Crippen LogP contribution in [0, 0.1) is 6.92 Å². The van der Waals surface area contributed by atoms with Crippen LogP contribution >= 0.6 is 11.8 Å². The quantitative estimate of drug-likeness (QED) is 0.783. The van der Waals surface area contributed by atoms with E-state index in [0.29, 0.717) is 5.75 Å². The van der Waals surface area contributed by atoms with Gasteiger partial charge >= 0.3 is 0 Å². The highest BCUT2D eigenvalue weighted by Gasteiger charge is 2.18. The van der Waals surface area contributed by atoms with Crippen LogP contribution in [0.25, 0.3) is 11.4 Å². The number of hydrogen-bond acceptors (Lipinski definition) is 4. The van der Waals surface area contributed by atoms with E-state index in [1.54, 1.807) is 0 Å². The number of amides is 1. The van der Waals surface area contributed by atoms with Crippen LogP contribution in [0.4, 0.5) is 0 Å². The van der Waals surface area contributed by atoms with Gasteiger partial charge in [-0.2, -0.15) is 0 Å². The highest BCUT2D eigenvalue weighted by molar-refractivity contribution is 7.99. The van der Waals surface area contributed by atoms with Gasteiger partial charge in [-0.25, -0.2) is 0 Å². The summed E-state index contributed by atoms with van der Waals surface area (Å²) in [6, 6.07) is 8.16. The van der Waals surface area contributed by atoms with Crippen LogP contribution in [0.2, 0.25) is 0 Å². The van der Waals surface area contributed by atoms with Gasteiger partial charge < -0.3 is 9.47 Å². The number of rotatable bonds is 4. The lowest BCUT2D eigenvalue weighted by atomic mass is 10.1. The van der Waals surface area contributed by atoms with Crippen LogP contribution in [-0.2, 0) is 11.8 Å². The van der Waals surface area contributed by atoms with Crippen molar-refractivity contribution < 1.29 is 4.79 Å². The van der Waals surface area contributed by atoms with Gasteiger partial charge in [0.15, 0.2) is 11.0 Å². The number of likely N-dealkylation sites (tertiary alicyclic amines) is 1. The van der Waals surface area contributed by atoms with Crippen LogP contribution < -0.4 is 0 Å². The molecule has 1 aliphatic rings. The van der Waals surface area contributed by atoms with Crippen LogP contribution in [-0.4, -0.2) is 44.4 Å². The maximum absolute atomic E-state index is 12.5. The third-order valence-electron chi connectivity index (χ3n) is 4.75. The number of nitrogens with zero attached hydrogens (tertiary/aromatic N) is 4. The largest absolute Gasteiger partial charge is 0.342 e. The third-order valence-corrected chi connectivity index (χ3v) is 5.76. The fraction of sp³-hybridized carbons (Fsp3) is 0.526. The predicted molar refractivity (Wildman–Crippen MR) is 102 cm³/mol. The molecule has 0 spiro atoms. The Bertz CT molecular complexity index is 720. The van der Waals surface area contributed by atoms with Crippen LogP contribution in [0.1, 0.15) is 37.7 Å². The van der Waals surface area contributed by atoms with E-state index in [0.717, 1.165) is 42.5 Å². The van der Waals surface area contributed by atoms with E-state index in [1.807, 2.05) is 28.6 Å². The molecule has 0 bridgehead atoms. The number of carbonyl (C=O) groups is 1. The summed E-state index contributed by atoms with van der Waals surface area (Å²) in [4.78, 5) is 14.5. The Kier molecular flexibility index (Phi) is 6.13. The van der Waals surface area contributed by atoms with Gasteiger partial charge in [-0.1, -0.05) is 55.3 Å². The minimum absolute atomic E-state index is 0.215. The maximum Gasteiger partial charge on any atom is 0.233 e. The van der Waals surface area contributed by atoms with Crippen LogP contribution in [0.15, 0.2) is 29.4 Å². The highest BCUT2D eigenvalue weighted by atomic mass is 32.2. The molecule has 3 rings (SSSR count). The number of hydrogen-bond donors (Lipinski definition) is 0. The zero-order chi connectivity index (χ0) is 17.6. The Morgan fingerprint density at radius 1 is 1.08 bits per heavy atom. The number of aryl methyl sites for hydroxylation is 1. The highest BCUT2D eigenvalue weighted by Crippen LogP contribution is 2.25. The second kappa shape index (κ2) is 8.52. The SMILES string of the molecule is Cc1ccccc1-c1nnc(SCC(=O)N2CCCCCCC2)n1C. The first-order valence-electron chi connectivity index (χ1n) is 9.03. The standard InChI is InChI=1S/C19H26N4OS/c1-15-10-6-7-11-16(15)18-20-21-19(22(18)2)25-14-17(24)23-12-8-4-3-5-9-13-23/h6-7,10-11H,3-5,8-9,12-14H2,1-2H3. The van der Waals surface area contributed by atoms with Crippen molar-refractivity contribution in [2.24, 2.45) is 7.05 Å². The summed E-state index contributed by atoms with van der Waals surface area (Å²) in [5, 5.41) is 9.41. The molecule has 0 unspecified atom stereocenters. The molecule has 0 aliphatic carbocycles. The lowest BCUT2D eigenvalue weighted by molar-refractivity contribution is -0.128. The van der Waals surface area contributed by atoms with Gasteiger partial charge in [0.2, 0.25) is 5.91 Å². The summed E-state index contributed by atoms with van der Waals surface area (Å²) >= 11 is 1.48. The first-order chi connectivity index (χ1) is 12.2. The van der Waals surface area contributed by atoms with Gasteiger partial charge in [0.1, 0.15) is 0 Å². The number of benzene rings is 1. The first-order valence-corrected chi connectivity index (χ1v) is 10.0. The molecule has 1 aliphatic heterocycles. The summed E-state index contributed by atoms with van der Waals surface area (Å²) in [6.45, 7) is 3.86. The van der Waals surface area contributed by atoms with Crippen molar-refractivity contribution >= 4 is 17.7 Å². The minimum atomic E-state index is 0.215. The smallest absolute Gasteiger partial charge is 0.233 e. The summed E-state index contributed by atoms with van der Waals surface area (Å²) in [5.74, 6) is 1.49. The monoisotopic (exact) mass is 358 g/mol. The van der Waals surface area contributed by atoms with Gasteiger partial charge in [0.05, 0.1) is 5.75 Å². The molecular weight excluding hydrogens is 332 g/mol. The lowest BCUT2D eigenvalue weighted by Gasteiger charge is -2.24. The Labute approximate surface area is 153 Å². The van der Waals surface area contributed by atoms with Crippen molar-refractivity contribution in [3.05, 3.63) is 29.8 Å². The van der Waals surface area contributed by atoms with Crippen molar-refractivity contribution in [2.45, 2.75) is 44.2 Å². The van der Waals surface area contributed by atoms with Gasteiger partial charge in [0.25, 0.3) is 0 Å². The molecule has 25 heavy (non-hydrogen) atoms. The molecule has 1 saturated heterocycles. The van der Waals surface area contributed by atoms with Crippen molar-refractivity contribution in [2.75, 3.05) is 18.8 Å². The Morgan fingerprint density at radius 3 is 2.48 bits per heavy atom. The molecule has 0 radical (unpaired) electrons. The number of carbonyl (C=O) groups excluding carboxylic acids is 1. The maximum atomic E-state index is 12.5. The van der Waals surface area contributed by atoms with E-state index in [2.05, 4.69) is 29.3 Å². The molecule has 2 heterocycles. The van der Waals surface area contributed by atoms with Crippen LogP contribution in [0.5, 0.6) is 0 Å². The molecule has 0 atom stereocenters. The topological polar surface area (TPSA) is 51.0 Å². The summed E-state index contributed by atoms with van der Waals surface area (Å²) in [6.07, 6.45) is 6.02. The summed E-state index contributed by atoms with van der Waals surface area (Å²) < 4.78 is 1.98. The van der Waals surface area contributed by atoms with Crippen molar-refractivity contribution in [3.63, 3.8) is 0 Å².